The number of benzene rings is 2. The van der Waals surface area contributed by atoms with Gasteiger partial charge in [0.2, 0.25) is 0 Å². The van der Waals surface area contributed by atoms with E-state index in [1.807, 2.05) is 42.5 Å². The van der Waals surface area contributed by atoms with E-state index in [4.69, 9.17) is 18.9 Å². The third kappa shape index (κ3) is 5.44. The van der Waals surface area contributed by atoms with E-state index in [-0.39, 0.29) is 17.7 Å². The third-order valence-electron chi connectivity index (χ3n) is 6.41. The average molecular weight is 597 g/mol. The molecule has 210 valence electrons. The molecule has 1 atom stereocenters. The van der Waals surface area contributed by atoms with E-state index < -0.39 is 12.0 Å². The lowest BCUT2D eigenvalue weighted by Crippen LogP contribution is -2.40. The summed E-state index contributed by atoms with van der Waals surface area (Å²) in [6.07, 6.45) is 5.00. The SMILES string of the molecule is CCOC(=O)C1=C(c2ccccc2)N=c2s/c(=C/c3ccc(Sc4ncccn4)o3)c(=O)n2[C@H]1c1ccc(OC)cc1. The first kappa shape index (κ1) is 27.4. The quantitative estimate of drug-likeness (QED) is 0.191. The molecule has 0 fully saturated rings. The van der Waals surface area contributed by atoms with Gasteiger partial charge in [0.1, 0.15) is 11.5 Å². The van der Waals surface area contributed by atoms with E-state index in [0.717, 1.165) is 11.1 Å². The first-order valence-corrected chi connectivity index (χ1v) is 14.7. The number of fused-ring (bicyclic) bond motifs is 1. The molecule has 0 saturated heterocycles. The van der Waals surface area contributed by atoms with Gasteiger partial charge in [-0.2, -0.15) is 0 Å². The van der Waals surface area contributed by atoms with E-state index in [0.29, 0.717) is 36.8 Å². The minimum Gasteiger partial charge on any atom is -0.497 e. The number of carbonyl (C=O) groups is 1. The van der Waals surface area contributed by atoms with Crippen molar-refractivity contribution in [1.29, 1.82) is 0 Å². The van der Waals surface area contributed by atoms with Crippen LogP contribution >= 0.6 is 23.1 Å². The average Bonchev–Trinajstić information content (AvgIpc) is 3.60. The Balaban J connectivity index is 1.52. The van der Waals surface area contributed by atoms with Crippen LogP contribution in [0, 0.1) is 0 Å². The molecule has 1 aliphatic heterocycles. The number of thiazole rings is 1. The zero-order valence-corrected chi connectivity index (χ0v) is 24.2. The fraction of sp³-hybridized carbons (Fsp3) is 0.129. The van der Waals surface area contributed by atoms with Crippen molar-refractivity contribution in [3.63, 3.8) is 0 Å². The Bertz CT molecular complexity index is 1950. The Morgan fingerprint density at radius 1 is 1.05 bits per heavy atom. The van der Waals surface area contributed by atoms with Crippen LogP contribution in [0.5, 0.6) is 5.75 Å². The Kier molecular flexibility index (Phi) is 7.85. The number of hydrogen-bond donors (Lipinski definition) is 0. The van der Waals surface area contributed by atoms with Crippen LogP contribution in [0.3, 0.4) is 0 Å². The van der Waals surface area contributed by atoms with Crippen LogP contribution in [0.4, 0.5) is 0 Å². The second-order valence-corrected chi connectivity index (χ2v) is 11.0. The Labute approximate surface area is 248 Å². The Morgan fingerprint density at radius 3 is 2.52 bits per heavy atom. The maximum absolute atomic E-state index is 14.0. The monoisotopic (exact) mass is 596 g/mol. The zero-order valence-electron chi connectivity index (χ0n) is 22.6. The van der Waals surface area contributed by atoms with Gasteiger partial charge in [-0.05, 0) is 54.6 Å². The van der Waals surface area contributed by atoms with Crippen molar-refractivity contribution >= 4 is 40.8 Å². The van der Waals surface area contributed by atoms with E-state index >= 15 is 0 Å². The first-order valence-electron chi connectivity index (χ1n) is 13.0. The topological polar surface area (TPSA) is 109 Å². The van der Waals surface area contributed by atoms with Crippen molar-refractivity contribution in [1.82, 2.24) is 14.5 Å². The number of aromatic nitrogens is 3. The lowest BCUT2D eigenvalue weighted by Gasteiger charge is -2.26. The van der Waals surface area contributed by atoms with Gasteiger partial charge in [0.25, 0.3) is 5.56 Å². The normalized spacial score (nSPS) is 14.8. The van der Waals surface area contributed by atoms with E-state index in [1.165, 1.54) is 23.1 Å². The van der Waals surface area contributed by atoms with Crippen LogP contribution in [0.2, 0.25) is 0 Å². The van der Waals surface area contributed by atoms with Crippen molar-refractivity contribution in [2.45, 2.75) is 23.2 Å². The molecule has 6 rings (SSSR count). The van der Waals surface area contributed by atoms with Gasteiger partial charge in [-0.3, -0.25) is 9.36 Å². The van der Waals surface area contributed by atoms with Crippen LogP contribution < -0.4 is 19.6 Å². The maximum atomic E-state index is 14.0. The van der Waals surface area contributed by atoms with Gasteiger partial charge in [0, 0.05) is 24.0 Å². The van der Waals surface area contributed by atoms with Crippen LogP contribution in [0.15, 0.2) is 115 Å². The van der Waals surface area contributed by atoms with Crippen molar-refractivity contribution in [3.05, 3.63) is 127 Å². The number of methoxy groups -OCH3 is 1. The molecule has 0 N–H and O–H groups in total. The number of rotatable bonds is 8. The number of esters is 1. The Morgan fingerprint density at radius 2 is 1.81 bits per heavy atom. The highest BCUT2D eigenvalue weighted by Gasteiger charge is 2.35. The minimum absolute atomic E-state index is 0.178. The van der Waals surface area contributed by atoms with Crippen LogP contribution in [-0.2, 0) is 9.53 Å². The summed E-state index contributed by atoms with van der Waals surface area (Å²) in [5.74, 6) is 0.613. The fourth-order valence-corrected chi connectivity index (χ4v) is 6.23. The van der Waals surface area contributed by atoms with Gasteiger partial charge in [0.05, 0.1) is 35.6 Å². The van der Waals surface area contributed by atoms with E-state index in [9.17, 15) is 9.59 Å². The maximum Gasteiger partial charge on any atom is 0.338 e. The fourth-order valence-electron chi connectivity index (χ4n) is 4.57. The number of furan rings is 1. The number of nitrogens with zero attached hydrogens (tertiary/aromatic N) is 4. The second-order valence-electron chi connectivity index (χ2n) is 8.99. The van der Waals surface area contributed by atoms with Crippen molar-refractivity contribution < 1.29 is 18.7 Å². The molecular formula is C31H24N4O5S2. The summed E-state index contributed by atoms with van der Waals surface area (Å²) in [6.45, 7) is 1.93. The van der Waals surface area contributed by atoms with Crippen LogP contribution in [-0.4, -0.2) is 34.2 Å². The molecule has 0 unspecified atom stereocenters. The largest absolute Gasteiger partial charge is 0.497 e. The molecule has 5 aromatic rings. The van der Waals surface area contributed by atoms with Gasteiger partial charge in [-0.25, -0.2) is 19.8 Å². The summed E-state index contributed by atoms with van der Waals surface area (Å²) in [4.78, 5) is 41.3. The predicted molar refractivity (Wildman–Crippen MR) is 159 cm³/mol. The molecule has 0 radical (unpaired) electrons. The Hall–Kier alpha value is -4.74. The number of hydrogen-bond acceptors (Lipinski definition) is 10. The molecule has 4 heterocycles. The van der Waals surface area contributed by atoms with Crippen LogP contribution in [0.1, 0.15) is 29.9 Å². The summed E-state index contributed by atoms with van der Waals surface area (Å²) in [5.41, 5.74) is 1.90. The molecular weight excluding hydrogens is 572 g/mol. The molecule has 0 saturated carbocycles. The number of carbonyl (C=O) groups excluding carboxylic acids is 1. The van der Waals surface area contributed by atoms with Gasteiger partial charge < -0.3 is 13.9 Å². The van der Waals surface area contributed by atoms with E-state index in [1.54, 1.807) is 67.4 Å². The lowest BCUT2D eigenvalue weighted by molar-refractivity contribution is -0.138. The molecule has 11 heteroatoms. The minimum atomic E-state index is -0.776. The zero-order chi connectivity index (χ0) is 29.1. The molecule has 3 aromatic heterocycles. The van der Waals surface area contributed by atoms with Gasteiger partial charge in [-0.1, -0.05) is 53.8 Å². The summed E-state index contributed by atoms with van der Waals surface area (Å²) in [7, 11) is 1.58. The van der Waals surface area contributed by atoms with Gasteiger partial charge in [0.15, 0.2) is 15.1 Å². The molecule has 1 aliphatic rings. The number of ether oxygens (including phenoxy) is 2. The highest BCUT2D eigenvalue weighted by Crippen LogP contribution is 2.35. The molecule has 0 bridgehead atoms. The molecule has 0 aliphatic carbocycles. The predicted octanol–water partition coefficient (Wildman–Crippen LogP) is 4.48. The summed E-state index contributed by atoms with van der Waals surface area (Å²) < 4.78 is 18.8. The highest BCUT2D eigenvalue weighted by molar-refractivity contribution is 7.99. The smallest absolute Gasteiger partial charge is 0.338 e. The van der Waals surface area contributed by atoms with Crippen molar-refractivity contribution in [2.24, 2.45) is 4.99 Å². The third-order valence-corrected chi connectivity index (χ3v) is 8.21. The molecule has 0 amide bonds. The van der Waals surface area contributed by atoms with Crippen LogP contribution in [0.25, 0.3) is 11.8 Å². The second kappa shape index (κ2) is 12.0. The molecule has 9 nitrogen and oxygen atoms in total. The van der Waals surface area contributed by atoms with Crippen molar-refractivity contribution in [2.75, 3.05) is 13.7 Å². The summed E-state index contributed by atoms with van der Waals surface area (Å²) >= 11 is 2.51. The lowest BCUT2D eigenvalue weighted by atomic mass is 9.93. The van der Waals surface area contributed by atoms with E-state index in [2.05, 4.69) is 9.97 Å². The van der Waals surface area contributed by atoms with Gasteiger partial charge in [-0.15, -0.1) is 0 Å². The van der Waals surface area contributed by atoms with Gasteiger partial charge >= 0.3 is 5.97 Å². The molecule has 2 aromatic carbocycles. The summed E-state index contributed by atoms with van der Waals surface area (Å²) in [6, 6.07) is 21.3. The standard InChI is InChI=1S/C31H24N4O5S2/c1-3-39-29(37)25-26(19-8-5-4-6-9-19)34-31-35(27(25)20-10-12-21(38-2)13-11-20)28(36)23(41-31)18-22-14-15-24(40-22)42-30-32-16-7-17-33-30/h4-18,27H,3H2,1-2H3/b23-18+/t27-/m0/s1. The first-order chi connectivity index (χ1) is 20.6. The highest BCUT2D eigenvalue weighted by atomic mass is 32.2. The molecule has 0 spiro atoms. The molecule has 42 heavy (non-hydrogen) atoms. The summed E-state index contributed by atoms with van der Waals surface area (Å²) in [5, 5.41) is 1.14. The van der Waals surface area contributed by atoms with Crippen molar-refractivity contribution in [3.8, 4) is 5.75 Å².